The third-order valence-corrected chi connectivity index (χ3v) is 3.30. The predicted octanol–water partition coefficient (Wildman–Crippen LogP) is 3.79. The molecule has 0 spiro atoms. The Hall–Kier alpha value is -2.19. The molecule has 2 rings (SSSR count). The number of halogens is 1. The monoisotopic (exact) mass is 274 g/mol. The molecule has 0 saturated carbocycles. The van der Waals surface area contributed by atoms with Crippen molar-refractivity contribution in [1.82, 2.24) is 0 Å². The van der Waals surface area contributed by atoms with Crippen LogP contribution in [0.1, 0.15) is 5.56 Å². The van der Waals surface area contributed by atoms with Crippen molar-refractivity contribution >= 4 is 17.4 Å². The molecular formula is C14H11FN2OS. The molecular weight excluding hydrogens is 263 g/mol. The molecule has 96 valence electrons. The van der Waals surface area contributed by atoms with Gasteiger partial charge in [0, 0.05) is 11.0 Å². The fourth-order valence-electron chi connectivity index (χ4n) is 1.59. The van der Waals surface area contributed by atoms with Crippen LogP contribution in [-0.2, 0) is 0 Å². The summed E-state index contributed by atoms with van der Waals surface area (Å²) in [5, 5.41) is 9.18. The summed E-state index contributed by atoms with van der Waals surface area (Å²) >= 11 is 1.44. The third-order valence-electron chi connectivity index (χ3n) is 2.52. The van der Waals surface area contributed by atoms with Crippen molar-refractivity contribution in [2.24, 2.45) is 0 Å². The van der Waals surface area contributed by atoms with E-state index in [4.69, 9.17) is 10.5 Å². The number of rotatable bonds is 3. The first-order valence-corrected chi connectivity index (χ1v) is 6.68. The van der Waals surface area contributed by atoms with Crippen molar-refractivity contribution in [2.45, 2.75) is 4.90 Å². The van der Waals surface area contributed by atoms with E-state index in [1.807, 2.05) is 12.3 Å². The first-order valence-electron chi connectivity index (χ1n) is 5.45. The normalized spacial score (nSPS) is 9.95. The topological polar surface area (TPSA) is 59.0 Å². The van der Waals surface area contributed by atoms with E-state index >= 15 is 0 Å². The van der Waals surface area contributed by atoms with Crippen LogP contribution in [0, 0.1) is 17.1 Å². The van der Waals surface area contributed by atoms with Crippen molar-refractivity contribution in [2.75, 3.05) is 12.0 Å². The number of hydrogen-bond acceptors (Lipinski definition) is 4. The minimum Gasteiger partial charge on any atom is -0.454 e. The molecule has 2 aromatic carbocycles. The average Bonchev–Trinajstić information content (AvgIpc) is 2.42. The zero-order chi connectivity index (χ0) is 13.8. The van der Waals surface area contributed by atoms with Crippen LogP contribution in [0.15, 0.2) is 41.3 Å². The molecule has 2 aromatic rings. The van der Waals surface area contributed by atoms with Gasteiger partial charge < -0.3 is 10.5 Å². The Labute approximate surface area is 114 Å². The van der Waals surface area contributed by atoms with Crippen molar-refractivity contribution in [3.8, 4) is 17.6 Å². The van der Waals surface area contributed by atoms with Crippen LogP contribution in [0.5, 0.6) is 11.5 Å². The lowest BCUT2D eigenvalue weighted by Gasteiger charge is -2.11. The van der Waals surface area contributed by atoms with Gasteiger partial charge in [0.25, 0.3) is 0 Å². The second-order valence-electron chi connectivity index (χ2n) is 3.73. The number of nitrogens with two attached hydrogens (primary N) is 1. The Morgan fingerprint density at radius 3 is 2.74 bits per heavy atom. The molecule has 3 nitrogen and oxygen atoms in total. The number of anilines is 1. The lowest BCUT2D eigenvalue weighted by molar-refractivity contribution is 0.476. The summed E-state index contributed by atoms with van der Waals surface area (Å²) < 4.78 is 18.7. The second kappa shape index (κ2) is 5.63. The first kappa shape index (κ1) is 13.2. The number of thioether (sulfide) groups is 1. The van der Waals surface area contributed by atoms with Gasteiger partial charge >= 0.3 is 0 Å². The quantitative estimate of drug-likeness (QED) is 0.683. The molecule has 0 aliphatic carbocycles. The van der Waals surface area contributed by atoms with Gasteiger partial charge in [-0.15, -0.1) is 11.8 Å². The van der Waals surface area contributed by atoms with Gasteiger partial charge in [-0.3, -0.25) is 0 Å². The minimum atomic E-state index is -0.441. The number of hydrogen-bond donors (Lipinski definition) is 1. The summed E-state index contributed by atoms with van der Waals surface area (Å²) in [6.07, 6.45) is 1.87. The van der Waals surface area contributed by atoms with Crippen LogP contribution in [0.4, 0.5) is 10.1 Å². The van der Waals surface area contributed by atoms with Crippen molar-refractivity contribution in [3.05, 3.63) is 47.8 Å². The van der Waals surface area contributed by atoms with Crippen molar-refractivity contribution < 1.29 is 9.13 Å². The average molecular weight is 274 g/mol. The van der Waals surface area contributed by atoms with E-state index < -0.39 is 5.82 Å². The Kier molecular flexibility index (Phi) is 3.93. The van der Waals surface area contributed by atoms with Crippen molar-refractivity contribution in [3.63, 3.8) is 0 Å². The van der Waals surface area contributed by atoms with E-state index in [2.05, 4.69) is 6.07 Å². The smallest absolute Gasteiger partial charge is 0.153 e. The van der Waals surface area contributed by atoms with Gasteiger partial charge in [0.1, 0.15) is 23.2 Å². The summed E-state index contributed by atoms with van der Waals surface area (Å²) in [6, 6.07) is 11.2. The van der Waals surface area contributed by atoms with Gasteiger partial charge in [0.2, 0.25) is 0 Å². The molecule has 0 bridgehead atoms. The Morgan fingerprint density at radius 2 is 2.05 bits per heavy atom. The molecule has 5 heteroatoms. The molecule has 0 radical (unpaired) electrons. The van der Waals surface area contributed by atoms with E-state index in [1.54, 1.807) is 12.1 Å². The molecule has 2 N–H and O–H groups in total. The molecule has 19 heavy (non-hydrogen) atoms. The molecule has 0 aliphatic rings. The summed E-state index contributed by atoms with van der Waals surface area (Å²) in [4.78, 5) is 0.801. The SMILES string of the molecule is CSc1cccc(Oc2cc(F)ccc2N)c1C#N. The van der Waals surface area contributed by atoms with Gasteiger partial charge in [-0.2, -0.15) is 5.26 Å². The van der Waals surface area contributed by atoms with E-state index in [0.29, 0.717) is 17.0 Å². The highest BCUT2D eigenvalue weighted by Gasteiger charge is 2.11. The lowest BCUT2D eigenvalue weighted by atomic mass is 10.2. The summed E-state index contributed by atoms with van der Waals surface area (Å²) in [5.74, 6) is 0.130. The third kappa shape index (κ3) is 2.80. The maximum Gasteiger partial charge on any atom is 0.153 e. The molecule has 0 aromatic heterocycles. The number of benzene rings is 2. The second-order valence-corrected chi connectivity index (χ2v) is 4.58. The van der Waals surface area contributed by atoms with E-state index in [-0.39, 0.29) is 5.75 Å². The molecule has 0 amide bonds. The van der Waals surface area contributed by atoms with Crippen LogP contribution >= 0.6 is 11.8 Å². The maximum atomic E-state index is 13.2. The standard InChI is InChI=1S/C14H11FN2OS/c1-19-14-4-2-3-12(10(14)8-16)18-13-7-9(15)5-6-11(13)17/h2-7H,17H2,1H3. The van der Waals surface area contributed by atoms with Gasteiger partial charge in [-0.1, -0.05) is 6.07 Å². The fourth-order valence-corrected chi connectivity index (χ4v) is 2.16. The van der Waals surface area contributed by atoms with Crippen LogP contribution in [0.2, 0.25) is 0 Å². The fraction of sp³-hybridized carbons (Fsp3) is 0.0714. The molecule has 0 heterocycles. The lowest BCUT2D eigenvalue weighted by Crippen LogP contribution is -1.95. The van der Waals surface area contributed by atoms with E-state index in [1.165, 1.54) is 30.0 Å². The summed E-state index contributed by atoms with van der Waals surface area (Å²) in [7, 11) is 0. The molecule has 0 fully saturated rings. The molecule has 0 aliphatic heterocycles. The highest BCUT2D eigenvalue weighted by Crippen LogP contribution is 2.33. The van der Waals surface area contributed by atoms with Gasteiger partial charge in [-0.05, 0) is 30.5 Å². The summed E-state index contributed by atoms with van der Waals surface area (Å²) in [5.41, 5.74) is 6.45. The zero-order valence-corrected chi connectivity index (χ0v) is 11.0. The van der Waals surface area contributed by atoms with Gasteiger partial charge in [-0.25, -0.2) is 4.39 Å². The number of ether oxygens (including phenoxy) is 1. The number of nitrogen functional groups attached to an aromatic ring is 1. The minimum absolute atomic E-state index is 0.203. The van der Waals surface area contributed by atoms with Crippen LogP contribution < -0.4 is 10.5 Å². The number of nitrogens with zero attached hydrogens (tertiary/aromatic N) is 1. The highest BCUT2D eigenvalue weighted by atomic mass is 32.2. The first-order chi connectivity index (χ1) is 9.15. The Bertz CT molecular complexity index is 652. The van der Waals surface area contributed by atoms with Crippen molar-refractivity contribution in [1.29, 1.82) is 5.26 Å². The molecule has 0 saturated heterocycles. The predicted molar refractivity (Wildman–Crippen MR) is 73.8 cm³/mol. The largest absolute Gasteiger partial charge is 0.454 e. The van der Waals surface area contributed by atoms with E-state index in [0.717, 1.165) is 4.90 Å². The van der Waals surface area contributed by atoms with Gasteiger partial charge in [0.15, 0.2) is 5.75 Å². The molecule has 0 unspecified atom stereocenters. The van der Waals surface area contributed by atoms with Crippen LogP contribution in [0.25, 0.3) is 0 Å². The highest BCUT2D eigenvalue weighted by molar-refractivity contribution is 7.98. The Balaban J connectivity index is 2.44. The summed E-state index contributed by atoms with van der Waals surface area (Å²) in [6.45, 7) is 0. The van der Waals surface area contributed by atoms with E-state index in [9.17, 15) is 9.65 Å². The maximum absolute atomic E-state index is 13.2. The van der Waals surface area contributed by atoms with Gasteiger partial charge in [0.05, 0.1) is 5.69 Å². The Morgan fingerprint density at radius 1 is 1.26 bits per heavy atom. The van der Waals surface area contributed by atoms with Crippen LogP contribution in [-0.4, -0.2) is 6.26 Å². The molecule has 0 atom stereocenters. The number of nitriles is 1. The zero-order valence-electron chi connectivity index (χ0n) is 10.2. The van der Waals surface area contributed by atoms with Crippen LogP contribution in [0.3, 0.4) is 0 Å².